The van der Waals surface area contributed by atoms with Gasteiger partial charge in [-0.3, -0.25) is 4.79 Å². The number of hydrogen-bond acceptors (Lipinski definition) is 1. The van der Waals surface area contributed by atoms with Crippen molar-refractivity contribution >= 4 is 13.9 Å². The molecular formula is C9H20OSi. The zero-order valence-corrected chi connectivity index (χ0v) is 9.40. The molecule has 0 fully saturated rings. The van der Waals surface area contributed by atoms with Gasteiger partial charge in [0.2, 0.25) is 0 Å². The van der Waals surface area contributed by atoms with Crippen LogP contribution in [0.3, 0.4) is 0 Å². The second-order valence-electron chi connectivity index (χ2n) is 4.68. The average molecular weight is 172 g/mol. The smallest absolute Gasteiger partial charge is 0.135 e. The highest BCUT2D eigenvalue weighted by Gasteiger charge is 2.16. The summed E-state index contributed by atoms with van der Waals surface area (Å²) in [7, 11) is -0.987. The summed E-state index contributed by atoms with van der Waals surface area (Å²) in [6.07, 6.45) is 0.799. The Morgan fingerprint density at radius 1 is 1.27 bits per heavy atom. The molecule has 0 aromatic heterocycles. The molecule has 66 valence electrons. The molecule has 0 radical (unpaired) electrons. The van der Waals surface area contributed by atoms with Gasteiger partial charge in [0.25, 0.3) is 0 Å². The molecule has 0 aliphatic rings. The largest absolute Gasteiger partial charge is 0.299 e. The van der Waals surface area contributed by atoms with Crippen molar-refractivity contribution in [3.05, 3.63) is 0 Å². The van der Waals surface area contributed by atoms with Gasteiger partial charge in [-0.15, -0.1) is 0 Å². The molecule has 11 heavy (non-hydrogen) atoms. The van der Waals surface area contributed by atoms with Crippen molar-refractivity contribution in [2.24, 2.45) is 5.92 Å². The van der Waals surface area contributed by atoms with Gasteiger partial charge in [0.05, 0.1) is 0 Å². The van der Waals surface area contributed by atoms with Gasteiger partial charge in [-0.05, 0) is 0 Å². The molecule has 0 aliphatic carbocycles. The van der Waals surface area contributed by atoms with Crippen molar-refractivity contribution in [3.63, 3.8) is 0 Å². The quantitative estimate of drug-likeness (QED) is 0.596. The summed E-state index contributed by atoms with van der Waals surface area (Å²) in [5.41, 5.74) is 0. The van der Waals surface area contributed by atoms with Crippen LogP contribution >= 0.6 is 0 Å². The van der Waals surface area contributed by atoms with Crippen molar-refractivity contribution in [2.45, 2.75) is 46.0 Å². The predicted molar refractivity (Wildman–Crippen MR) is 52.6 cm³/mol. The topological polar surface area (TPSA) is 17.1 Å². The van der Waals surface area contributed by atoms with E-state index in [1.165, 1.54) is 0 Å². The number of hydrogen-bond donors (Lipinski definition) is 0. The second kappa shape index (κ2) is 4.05. The van der Waals surface area contributed by atoms with E-state index in [4.69, 9.17) is 0 Å². The first-order valence-corrected chi connectivity index (χ1v) is 8.06. The van der Waals surface area contributed by atoms with Crippen LogP contribution in [-0.2, 0) is 4.79 Å². The van der Waals surface area contributed by atoms with Crippen LogP contribution in [0, 0.1) is 5.92 Å². The zero-order chi connectivity index (χ0) is 9.07. The zero-order valence-electron chi connectivity index (χ0n) is 8.40. The maximum atomic E-state index is 11.2. The molecule has 0 aliphatic heterocycles. The second-order valence-corrected chi connectivity index (χ2v) is 10.3. The van der Waals surface area contributed by atoms with Gasteiger partial charge in [0.15, 0.2) is 0 Å². The predicted octanol–water partition coefficient (Wildman–Crippen LogP) is 2.94. The Kier molecular flexibility index (Phi) is 4.01. The van der Waals surface area contributed by atoms with Crippen LogP contribution in [0.15, 0.2) is 0 Å². The highest BCUT2D eigenvalue weighted by Crippen LogP contribution is 2.13. The van der Waals surface area contributed by atoms with Crippen molar-refractivity contribution in [2.75, 3.05) is 0 Å². The van der Waals surface area contributed by atoms with Crippen LogP contribution < -0.4 is 0 Å². The molecule has 2 heteroatoms. The van der Waals surface area contributed by atoms with Gasteiger partial charge < -0.3 is 0 Å². The van der Waals surface area contributed by atoms with E-state index in [0.717, 1.165) is 12.5 Å². The fourth-order valence-electron chi connectivity index (χ4n) is 0.787. The minimum atomic E-state index is -0.987. The molecule has 0 unspecified atom stereocenters. The van der Waals surface area contributed by atoms with Crippen molar-refractivity contribution in [1.29, 1.82) is 0 Å². The van der Waals surface area contributed by atoms with E-state index < -0.39 is 8.07 Å². The Hall–Kier alpha value is -0.113. The molecule has 0 spiro atoms. The molecule has 0 aromatic rings. The summed E-state index contributed by atoms with van der Waals surface area (Å²) in [6.45, 7) is 10.9. The van der Waals surface area contributed by atoms with Gasteiger partial charge in [-0.1, -0.05) is 39.5 Å². The minimum absolute atomic E-state index is 0.228. The molecule has 0 aromatic carbocycles. The summed E-state index contributed by atoms with van der Waals surface area (Å²) in [5.74, 6) is 0.652. The van der Waals surface area contributed by atoms with Gasteiger partial charge in [-0.2, -0.15) is 0 Å². The van der Waals surface area contributed by atoms with E-state index in [2.05, 4.69) is 19.6 Å². The van der Waals surface area contributed by atoms with Crippen LogP contribution in [0.2, 0.25) is 25.7 Å². The fourth-order valence-corrected chi connectivity index (χ4v) is 1.78. The third-order valence-corrected chi connectivity index (χ3v) is 3.52. The summed E-state index contributed by atoms with van der Waals surface area (Å²) in [4.78, 5) is 11.2. The Balaban J connectivity index is 3.64. The number of ketones is 1. The molecular weight excluding hydrogens is 152 g/mol. The molecule has 0 saturated carbocycles. The average Bonchev–Trinajstić information content (AvgIpc) is 1.80. The Morgan fingerprint density at radius 3 is 2.00 bits per heavy atom. The first-order valence-electron chi connectivity index (χ1n) is 4.35. The van der Waals surface area contributed by atoms with E-state index in [1.807, 2.05) is 13.8 Å². The standard InChI is InChI=1S/C9H20OSi/c1-8(2)9(10)6-7-11(3,4)5/h8H,6-7H2,1-5H3. The van der Waals surface area contributed by atoms with Crippen molar-refractivity contribution < 1.29 is 4.79 Å². The molecule has 0 amide bonds. The van der Waals surface area contributed by atoms with Gasteiger partial charge in [0, 0.05) is 20.4 Å². The SMILES string of the molecule is CC(C)C(=O)CC[Si](C)(C)C. The first kappa shape index (κ1) is 10.9. The van der Waals surface area contributed by atoms with E-state index in [-0.39, 0.29) is 5.92 Å². The lowest BCUT2D eigenvalue weighted by atomic mass is 10.1. The lowest BCUT2D eigenvalue weighted by Gasteiger charge is -2.15. The first-order chi connectivity index (χ1) is 4.83. The van der Waals surface area contributed by atoms with Gasteiger partial charge in [0.1, 0.15) is 5.78 Å². The van der Waals surface area contributed by atoms with Crippen LogP contribution in [-0.4, -0.2) is 13.9 Å². The summed E-state index contributed by atoms with van der Waals surface area (Å²) in [6, 6.07) is 1.14. The van der Waals surface area contributed by atoms with Crippen LogP contribution in [0.25, 0.3) is 0 Å². The number of Topliss-reactive ketones (excluding diaryl/α,β-unsaturated/α-hetero) is 1. The minimum Gasteiger partial charge on any atom is -0.299 e. The van der Waals surface area contributed by atoms with Crippen LogP contribution in [0.4, 0.5) is 0 Å². The van der Waals surface area contributed by atoms with E-state index in [9.17, 15) is 4.79 Å². The summed E-state index contributed by atoms with van der Waals surface area (Å²) < 4.78 is 0. The Morgan fingerprint density at radius 2 is 1.73 bits per heavy atom. The highest BCUT2D eigenvalue weighted by atomic mass is 28.3. The molecule has 0 saturated heterocycles. The van der Waals surface area contributed by atoms with E-state index >= 15 is 0 Å². The molecule has 0 N–H and O–H groups in total. The Bertz CT molecular complexity index is 133. The van der Waals surface area contributed by atoms with Crippen LogP contribution in [0.1, 0.15) is 20.3 Å². The van der Waals surface area contributed by atoms with Crippen LogP contribution in [0.5, 0.6) is 0 Å². The highest BCUT2D eigenvalue weighted by molar-refractivity contribution is 6.76. The van der Waals surface area contributed by atoms with Crippen molar-refractivity contribution in [3.8, 4) is 0 Å². The van der Waals surface area contributed by atoms with Gasteiger partial charge in [-0.25, -0.2) is 0 Å². The maximum absolute atomic E-state index is 11.2. The fraction of sp³-hybridized carbons (Fsp3) is 0.889. The summed E-state index contributed by atoms with van der Waals surface area (Å²) in [5, 5.41) is 0. The third kappa shape index (κ3) is 6.29. The maximum Gasteiger partial charge on any atom is 0.135 e. The van der Waals surface area contributed by atoms with E-state index in [0.29, 0.717) is 5.78 Å². The third-order valence-electron chi connectivity index (χ3n) is 1.77. The summed E-state index contributed by atoms with van der Waals surface area (Å²) >= 11 is 0. The monoisotopic (exact) mass is 172 g/mol. The normalized spacial score (nSPS) is 12.2. The van der Waals surface area contributed by atoms with Crippen molar-refractivity contribution in [1.82, 2.24) is 0 Å². The number of carbonyl (C=O) groups excluding carboxylic acids is 1. The molecule has 1 nitrogen and oxygen atoms in total. The van der Waals surface area contributed by atoms with Gasteiger partial charge >= 0.3 is 0 Å². The molecule has 0 atom stereocenters. The van der Waals surface area contributed by atoms with E-state index in [1.54, 1.807) is 0 Å². The Labute approximate surface area is 71.2 Å². The number of carbonyl (C=O) groups is 1. The molecule has 0 heterocycles. The molecule has 0 bridgehead atoms. The number of rotatable bonds is 4. The lowest BCUT2D eigenvalue weighted by Crippen LogP contribution is -2.21. The molecule has 0 rings (SSSR count). The lowest BCUT2D eigenvalue weighted by molar-refractivity contribution is -0.121.